The number of hydrogen-bond acceptors (Lipinski definition) is 3. The number of carbonyl (C=O) groups excluding carboxylic acids is 1. The molecule has 0 bridgehead atoms. The minimum Gasteiger partial charge on any atom is -0.399 e. The molecule has 0 atom stereocenters. The van der Waals surface area contributed by atoms with Gasteiger partial charge in [-0.2, -0.15) is 0 Å². The molecule has 112 valence electrons. The number of nitrogen functional groups attached to an aromatic ring is 1. The molecule has 1 amide bonds. The lowest BCUT2D eigenvalue weighted by Crippen LogP contribution is -2.34. The minimum atomic E-state index is -0.177. The Labute approximate surface area is 123 Å². The van der Waals surface area contributed by atoms with Crippen LogP contribution in [0.3, 0.4) is 0 Å². The smallest absolute Gasteiger partial charge is 0.328 e. The van der Waals surface area contributed by atoms with Gasteiger partial charge in [-0.25, -0.2) is 4.79 Å². The Bertz CT molecular complexity index is 682. The molecule has 0 aliphatic carbocycles. The summed E-state index contributed by atoms with van der Waals surface area (Å²) in [6.45, 7) is 3.86. The monoisotopic (exact) mass is 288 g/mol. The van der Waals surface area contributed by atoms with E-state index in [2.05, 4.69) is 0 Å². The highest BCUT2D eigenvalue weighted by molar-refractivity contribution is 5.92. The van der Waals surface area contributed by atoms with Crippen molar-refractivity contribution in [1.82, 2.24) is 9.13 Å². The van der Waals surface area contributed by atoms with E-state index >= 15 is 0 Å². The summed E-state index contributed by atoms with van der Waals surface area (Å²) >= 11 is 0. The number of aromatic nitrogens is 2. The van der Waals surface area contributed by atoms with E-state index in [-0.39, 0.29) is 24.2 Å². The Morgan fingerprint density at radius 2 is 1.86 bits per heavy atom. The van der Waals surface area contributed by atoms with Gasteiger partial charge in [-0.05, 0) is 38.1 Å². The van der Waals surface area contributed by atoms with Gasteiger partial charge in [0.2, 0.25) is 5.91 Å². The number of amides is 1. The number of benzene rings is 1. The second-order valence-electron chi connectivity index (χ2n) is 5.25. The van der Waals surface area contributed by atoms with Gasteiger partial charge >= 0.3 is 5.69 Å². The first-order chi connectivity index (χ1) is 9.90. The Balaban J connectivity index is 2.14. The van der Waals surface area contributed by atoms with Gasteiger partial charge < -0.3 is 10.6 Å². The van der Waals surface area contributed by atoms with Crippen LogP contribution in [0, 0.1) is 0 Å². The Kier molecular flexibility index (Phi) is 4.16. The van der Waals surface area contributed by atoms with Crippen LogP contribution < -0.4 is 16.3 Å². The molecule has 0 unspecified atom stereocenters. The zero-order valence-corrected chi connectivity index (χ0v) is 12.5. The lowest BCUT2D eigenvalue weighted by Gasteiger charge is -2.17. The summed E-state index contributed by atoms with van der Waals surface area (Å²) in [6.07, 6.45) is 3.33. The predicted octanol–water partition coefficient (Wildman–Crippen LogP) is 1.48. The van der Waals surface area contributed by atoms with Gasteiger partial charge in [0.15, 0.2) is 0 Å². The van der Waals surface area contributed by atoms with Gasteiger partial charge in [0, 0.05) is 36.9 Å². The molecule has 0 saturated carbocycles. The second kappa shape index (κ2) is 5.87. The molecule has 0 saturated heterocycles. The average Bonchev–Trinajstić information content (AvgIpc) is 2.80. The number of rotatable bonds is 4. The molecule has 21 heavy (non-hydrogen) atoms. The van der Waals surface area contributed by atoms with Crippen molar-refractivity contribution < 1.29 is 4.79 Å². The SMILES string of the molecule is CC(C)n1ccn(CC(=O)N(C)c2ccc(N)cc2)c1=O. The largest absolute Gasteiger partial charge is 0.399 e. The van der Waals surface area contributed by atoms with Gasteiger partial charge in [0.25, 0.3) is 0 Å². The predicted molar refractivity (Wildman–Crippen MR) is 83.3 cm³/mol. The Hall–Kier alpha value is -2.50. The molecule has 2 N–H and O–H groups in total. The Morgan fingerprint density at radius 3 is 2.38 bits per heavy atom. The van der Waals surface area contributed by atoms with Crippen molar-refractivity contribution in [3.05, 3.63) is 47.1 Å². The van der Waals surface area contributed by atoms with Crippen molar-refractivity contribution in [3.63, 3.8) is 0 Å². The van der Waals surface area contributed by atoms with Crippen LogP contribution in [-0.2, 0) is 11.3 Å². The molecule has 0 radical (unpaired) electrons. The molecule has 0 spiro atoms. The van der Waals surface area contributed by atoms with Crippen molar-refractivity contribution in [2.45, 2.75) is 26.4 Å². The zero-order chi connectivity index (χ0) is 15.6. The van der Waals surface area contributed by atoms with Crippen LogP contribution in [0.25, 0.3) is 0 Å². The fourth-order valence-electron chi connectivity index (χ4n) is 2.04. The summed E-state index contributed by atoms with van der Waals surface area (Å²) in [4.78, 5) is 25.9. The third-order valence-electron chi connectivity index (χ3n) is 3.39. The van der Waals surface area contributed by atoms with E-state index in [0.29, 0.717) is 5.69 Å². The fraction of sp³-hybridized carbons (Fsp3) is 0.333. The lowest BCUT2D eigenvalue weighted by atomic mass is 10.2. The molecule has 0 fully saturated rings. The fourth-order valence-corrected chi connectivity index (χ4v) is 2.04. The maximum absolute atomic E-state index is 12.3. The first kappa shape index (κ1) is 14.9. The van der Waals surface area contributed by atoms with Crippen LogP contribution in [0.4, 0.5) is 11.4 Å². The molecule has 1 heterocycles. The number of likely N-dealkylation sites (N-methyl/N-ethyl adjacent to an activating group) is 1. The number of nitrogens with zero attached hydrogens (tertiary/aromatic N) is 3. The second-order valence-corrected chi connectivity index (χ2v) is 5.25. The van der Waals surface area contributed by atoms with Gasteiger partial charge in [0.1, 0.15) is 6.54 Å². The average molecular weight is 288 g/mol. The van der Waals surface area contributed by atoms with E-state index in [1.807, 2.05) is 13.8 Å². The molecule has 0 aliphatic heterocycles. The first-order valence-electron chi connectivity index (χ1n) is 6.79. The van der Waals surface area contributed by atoms with Crippen LogP contribution in [0.1, 0.15) is 19.9 Å². The lowest BCUT2D eigenvalue weighted by molar-refractivity contribution is -0.118. The zero-order valence-electron chi connectivity index (χ0n) is 12.5. The summed E-state index contributed by atoms with van der Waals surface area (Å²) in [6, 6.07) is 7.09. The molecule has 2 aromatic rings. The van der Waals surface area contributed by atoms with Crippen molar-refractivity contribution in [3.8, 4) is 0 Å². The number of anilines is 2. The van der Waals surface area contributed by atoms with Crippen LogP contribution >= 0.6 is 0 Å². The third-order valence-corrected chi connectivity index (χ3v) is 3.39. The highest BCUT2D eigenvalue weighted by Crippen LogP contribution is 2.15. The van der Waals surface area contributed by atoms with Crippen LogP contribution in [-0.4, -0.2) is 22.1 Å². The molecule has 6 nitrogen and oxygen atoms in total. The number of carbonyl (C=O) groups is 1. The maximum Gasteiger partial charge on any atom is 0.328 e. The van der Waals surface area contributed by atoms with Gasteiger partial charge in [-0.15, -0.1) is 0 Å². The number of nitrogens with two attached hydrogens (primary N) is 1. The maximum atomic E-state index is 12.3. The van der Waals surface area contributed by atoms with Crippen molar-refractivity contribution in [2.24, 2.45) is 0 Å². The summed E-state index contributed by atoms with van der Waals surface area (Å²) in [5.41, 5.74) is 6.83. The van der Waals surface area contributed by atoms with E-state index in [0.717, 1.165) is 5.69 Å². The highest BCUT2D eigenvalue weighted by Gasteiger charge is 2.14. The molecule has 6 heteroatoms. The minimum absolute atomic E-state index is 0.0133. The molecule has 1 aromatic heterocycles. The third kappa shape index (κ3) is 3.16. The van der Waals surface area contributed by atoms with Crippen LogP contribution in [0.2, 0.25) is 0 Å². The van der Waals surface area contributed by atoms with Gasteiger partial charge in [-0.3, -0.25) is 13.9 Å². The van der Waals surface area contributed by atoms with Crippen molar-refractivity contribution in [2.75, 3.05) is 17.7 Å². The van der Waals surface area contributed by atoms with E-state index in [1.54, 1.807) is 48.3 Å². The standard InChI is InChI=1S/C15H20N4O2/c1-11(2)19-9-8-18(15(19)21)10-14(20)17(3)13-6-4-12(16)5-7-13/h4-9,11H,10,16H2,1-3H3. The number of hydrogen-bond donors (Lipinski definition) is 1. The van der Waals surface area contributed by atoms with Crippen molar-refractivity contribution in [1.29, 1.82) is 0 Å². The summed E-state index contributed by atoms with van der Waals surface area (Å²) < 4.78 is 3.01. The van der Waals surface area contributed by atoms with E-state index in [1.165, 1.54) is 9.47 Å². The first-order valence-corrected chi connectivity index (χ1v) is 6.79. The highest BCUT2D eigenvalue weighted by atomic mass is 16.2. The summed E-state index contributed by atoms with van der Waals surface area (Å²) in [5.74, 6) is -0.164. The molecular weight excluding hydrogens is 268 g/mol. The summed E-state index contributed by atoms with van der Waals surface area (Å²) in [5, 5.41) is 0. The quantitative estimate of drug-likeness (QED) is 0.866. The van der Waals surface area contributed by atoms with Crippen LogP contribution in [0.5, 0.6) is 0 Å². The summed E-state index contributed by atoms with van der Waals surface area (Å²) in [7, 11) is 1.68. The van der Waals surface area contributed by atoms with Gasteiger partial charge in [0.05, 0.1) is 0 Å². The molecular formula is C15H20N4O2. The Morgan fingerprint density at radius 1 is 1.24 bits per heavy atom. The van der Waals surface area contributed by atoms with E-state index < -0.39 is 0 Å². The van der Waals surface area contributed by atoms with Crippen LogP contribution in [0.15, 0.2) is 41.5 Å². The number of imidazole rings is 1. The molecule has 2 rings (SSSR count). The topological polar surface area (TPSA) is 73.3 Å². The molecule has 0 aliphatic rings. The van der Waals surface area contributed by atoms with E-state index in [9.17, 15) is 9.59 Å². The van der Waals surface area contributed by atoms with Crippen molar-refractivity contribution >= 4 is 17.3 Å². The van der Waals surface area contributed by atoms with Gasteiger partial charge in [-0.1, -0.05) is 0 Å². The van der Waals surface area contributed by atoms with E-state index in [4.69, 9.17) is 5.73 Å². The molecule has 1 aromatic carbocycles. The normalized spacial score (nSPS) is 10.9.